The van der Waals surface area contributed by atoms with Crippen LogP contribution in [0.25, 0.3) is 0 Å². The second-order valence-electron chi connectivity index (χ2n) is 16.7. The van der Waals surface area contributed by atoms with Gasteiger partial charge in [-0.05, 0) is 116 Å². The summed E-state index contributed by atoms with van der Waals surface area (Å²) in [5.41, 5.74) is 0. The van der Waals surface area contributed by atoms with Gasteiger partial charge in [-0.2, -0.15) is 0 Å². The summed E-state index contributed by atoms with van der Waals surface area (Å²) >= 11 is 0. The van der Waals surface area contributed by atoms with Gasteiger partial charge >= 0.3 is 11.9 Å². The smallest absolute Gasteiger partial charge is 0.306 e. The number of allylic oxidation sites excluding steroid dienone is 19. The minimum absolute atomic E-state index is 0.0374. The highest BCUT2D eigenvalue weighted by molar-refractivity contribution is 5.70. The van der Waals surface area contributed by atoms with Crippen molar-refractivity contribution in [3.05, 3.63) is 122 Å². The van der Waals surface area contributed by atoms with Crippen LogP contribution >= 0.6 is 0 Å². The van der Waals surface area contributed by atoms with Crippen LogP contribution in [-0.2, 0) is 23.8 Å². The number of esters is 2. The molecule has 0 aromatic heterocycles. The molecule has 0 aliphatic rings. The molecule has 0 fully saturated rings. The standard InChI is InChI=1S/C59H96O5/c1-4-7-10-13-16-19-22-25-27-29-30-31-32-35-37-40-43-46-49-52-58(60)63-56-57(64-59(61)53-50-47-44-41-38-34-24-21-18-15-12-9-6-3)55-62-54-51-48-45-42-39-36-33-28-26-23-20-17-14-11-8-5-2/h7-8,10-11,16-17,19-21,24-28,30-31,36,39,45,48,57H,4-6,9,12-15,18,22-23,29,32-35,37-38,40-44,46-47,49-56H2,1-3H3/b10-7-,11-8-,19-16-,20-17-,24-21-,27-25-,28-26-,31-30-,39-36-,48-45-. The number of carbonyl (C=O) groups excluding carboxylic acids is 2. The summed E-state index contributed by atoms with van der Waals surface area (Å²) in [6, 6.07) is 0. The molecule has 0 amide bonds. The van der Waals surface area contributed by atoms with Crippen molar-refractivity contribution in [3.63, 3.8) is 0 Å². The van der Waals surface area contributed by atoms with Gasteiger partial charge in [-0.15, -0.1) is 0 Å². The SMILES string of the molecule is CC/C=C\C/C=C\C/C=C\C/C=C\C/C=C\CCOCC(COC(=O)CCCCCCCC/C=C\C/C=C\C/C=C\C/C=C\CC)OC(=O)CCCCCCC/C=C\CCCCCC. The normalized spacial score (nSPS) is 13.2. The molecule has 0 bridgehead atoms. The Labute approximate surface area is 395 Å². The fraction of sp³-hybridized carbons (Fsp3) is 0.627. The van der Waals surface area contributed by atoms with Gasteiger partial charge in [0.25, 0.3) is 0 Å². The maximum Gasteiger partial charge on any atom is 0.306 e. The summed E-state index contributed by atoms with van der Waals surface area (Å²) in [4.78, 5) is 25.4. The molecular formula is C59H96O5. The molecule has 0 aromatic carbocycles. The number of ether oxygens (including phenoxy) is 3. The first-order valence-electron chi connectivity index (χ1n) is 26.1. The van der Waals surface area contributed by atoms with Gasteiger partial charge in [0.1, 0.15) is 6.61 Å². The fourth-order valence-corrected chi connectivity index (χ4v) is 6.68. The zero-order chi connectivity index (χ0) is 46.3. The van der Waals surface area contributed by atoms with Crippen molar-refractivity contribution in [2.24, 2.45) is 0 Å². The third-order valence-electron chi connectivity index (χ3n) is 10.5. The highest BCUT2D eigenvalue weighted by atomic mass is 16.6. The molecule has 0 heterocycles. The van der Waals surface area contributed by atoms with E-state index in [1.165, 1.54) is 64.2 Å². The van der Waals surface area contributed by atoms with E-state index in [2.05, 4.69) is 142 Å². The van der Waals surface area contributed by atoms with Crippen LogP contribution in [0.3, 0.4) is 0 Å². The van der Waals surface area contributed by atoms with Crippen molar-refractivity contribution in [2.75, 3.05) is 19.8 Å². The van der Waals surface area contributed by atoms with E-state index in [1.807, 2.05) is 0 Å². The average Bonchev–Trinajstić information content (AvgIpc) is 3.30. The van der Waals surface area contributed by atoms with Crippen molar-refractivity contribution in [1.29, 1.82) is 0 Å². The molecule has 5 heteroatoms. The van der Waals surface area contributed by atoms with E-state index in [9.17, 15) is 9.59 Å². The lowest BCUT2D eigenvalue weighted by atomic mass is 10.1. The van der Waals surface area contributed by atoms with Crippen LogP contribution in [0, 0.1) is 0 Å². The maximum atomic E-state index is 12.8. The summed E-state index contributed by atoms with van der Waals surface area (Å²) in [5, 5.41) is 0. The minimum atomic E-state index is -0.594. The quantitative estimate of drug-likeness (QED) is 0.0346. The Balaban J connectivity index is 4.42. The third kappa shape index (κ3) is 50.9. The molecule has 0 saturated carbocycles. The molecule has 0 aliphatic heterocycles. The number of carbonyl (C=O) groups is 2. The van der Waals surface area contributed by atoms with Crippen LogP contribution in [0.5, 0.6) is 0 Å². The van der Waals surface area contributed by atoms with Gasteiger partial charge in [0.2, 0.25) is 0 Å². The minimum Gasteiger partial charge on any atom is -0.462 e. The number of rotatable bonds is 46. The van der Waals surface area contributed by atoms with Crippen LogP contribution in [0.15, 0.2) is 122 Å². The predicted molar refractivity (Wildman–Crippen MR) is 279 cm³/mol. The molecule has 0 aliphatic carbocycles. The molecule has 1 atom stereocenters. The fourth-order valence-electron chi connectivity index (χ4n) is 6.68. The molecule has 0 saturated heterocycles. The second-order valence-corrected chi connectivity index (χ2v) is 16.7. The Morgan fingerprint density at radius 3 is 1.14 bits per heavy atom. The summed E-state index contributed by atoms with van der Waals surface area (Å²) in [6.45, 7) is 7.34. The van der Waals surface area contributed by atoms with Gasteiger partial charge < -0.3 is 14.2 Å². The van der Waals surface area contributed by atoms with Gasteiger partial charge in [0, 0.05) is 12.8 Å². The van der Waals surface area contributed by atoms with Crippen LogP contribution in [0.2, 0.25) is 0 Å². The Kier molecular flexibility index (Phi) is 50.5. The lowest BCUT2D eigenvalue weighted by Gasteiger charge is -2.18. The monoisotopic (exact) mass is 885 g/mol. The lowest BCUT2D eigenvalue weighted by molar-refractivity contribution is -0.162. The molecular weight excluding hydrogens is 789 g/mol. The van der Waals surface area contributed by atoms with Crippen LogP contribution in [0.1, 0.15) is 213 Å². The molecule has 0 spiro atoms. The molecule has 5 nitrogen and oxygen atoms in total. The van der Waals surface area contributed by atoms with Gasteiger partial charge in [-0.3, -0.25) is 9.59 Å². The van der Waals surface area contributed by atoms with Crippen molar-refractivity contribution in [3.8, 4) is 0 Å². The molecule has 362 valence electrons. The van der Waals surface area contributed by atoms with E-state index in [0.717, 1.165) is 116 Å². The number of hydrogen-bond acceptors (Lipinski definition) is 5. The highest BCUT2D eigenvalue weighted by Crippen LogP contribution is 2.12. The van der Waals surface area contributed by atoms with Gasteiger partial charge in [-0.1, -0.05) is 206 Å². The van der Waals surface area contributed by atoms with E-state index in [0.29, 0.717) is 19.4 Å². The largest absolute Gasteiger partial charge is 0.462 e. The van der Waals surface area contributed by atoms with E-state index in [-0.39, 0.29) is 25.2 Å². The van der Waals surface area contributed by atoms with E-state index < -0.39 is 6.10 Å². The van der Waals surface area contributed by atoms with Crippen molar-refractivity contribution < 1.29 is 23.8 Å². The predicted octanol–water partition coefficient (Wildman–Crippen LogP) is 17.8. The van der Waals surface area contributed by atoms with E-state index in [1.54, 1.807) is 0 Å². The molecule has 0 N–H and O–H groups in total. The van der Waals surface area contributed by atoms with Gasteiger partial charge in [0.05, 0.1) is 13.2 Å². The topological polar surface area (TPSA) is 61.8 Å². The number of unbranched alkanes of at least 4 members (excludes halogenated alkanes) is 15. The second kappa shape index (κ2) is 53.6. The first-order chi connectivity index (χ1) is 31.6. The first kappa shape index (κ1) is 60.3. The Morgan fingerprint density at radius 2 is 0.703 bits per heavy atom. The third-order valence-corrected chi connectivity index (χ3v) is 10.5. The molecule has 0 aromatic rings. The summed E-state index contributed by atoms with van der Waals surface area (Å²) in [5.74, 6) is -0.471. The zero-order valence-corrected chi connectivity index (χ0v) is 41.5. The molecule has 0 rings (SSSR count). The Hall–Kier alpha value is -3.70. The molecule has 0 radical (unpaired) electrons. The van der Waals surface area contributed by atoms with Crippen molar-refractivity contribution >= 4 is 11.9 Å². The summed E-state index contributed by atoms with van der Waals surface area (Å²) in [7, 11) is 0. The average molecular weight is 885 g/mol. The Morgan fingerprint density at radius 1 is 0.359 bits per heavy atom. The van der Waals surface area contributed by atoms with Crippen LogP contribution < -0.4 is 0 Å². The zero-order valence-electron chi connectivity index (χ0n) is 41.5. The highest BCUT2D eigenvalue weighted by Gasteiger charge is 2.17. The summed E-state index contributed by atoms with van der Waals surface area (Å²) in [6.07, 6.45) is 75.1. The Bertz CT molecular complexity index is 1320. The maximum absolute atomic E-state index is 12.8. The van der Waals surface area contributed by atoms with Gasteiger partial charge in [0.15, 0.2) is 6.10 Å². The van der Waals surface area contributed by atoms with Gasteiger partial charge in [-0.25, -0.2) is 0 Å². The lowest BCUT2D eigenvalue weighted by Crippen LogP contribution is -2.30. The van der Waals surface area contributed by atoms with Crippen molar-refractivity contribution in [1.82, 2.24) is 0 Å². The first-order valence-corrected chi connectivity index (χ1v) is 26.1. The van der Waals surface area contributed by atoms with Crippen LogP contribution in [0.4, 0.5) is 0 Å². The van der Waals surface area contributed by atoms with Crippen molar-refractivity contribution in [2.45, 2.75) is 219 Å². The molecule has 1 unspecified atom stereocenters. The van der Waals surface area contributed by atoms with Crippen LogP contribution in [-0.4, -0.2) is 37.9 Å². The molecule has 64 heavy (non-hydrogen) atoms. The van der Waals surface area contributed by atoms with E-state index in [4.69, 9.17) is 14.2 Å². The summed E-state index contributed by atoms with van der Waals surface area (Å²) < 4.78 is 17.3. The van der Waals surface area contributed by atoms with E-state index >= 15 is 0 Å². The number of hydrogen-bond donors (Lipinski definition) is 0.